The second-order valence-corrected chi connectivity index (χ2v) is 6.15. The maximum atomic E-state index is 4.46. The van der Waals surface area contributed by atoms with Gasteiger partial charge in [0.25, 0.3) is 0 Å². The lowest BCUT2D eigenvalue weighted by atomic mass is 9.85. The molecule has 1 aliphatic rings. The molecule has 0 bridgehead atoms. The van der Waals surface area contributed by atoms with E-state index in [1.165, 1.54) is 57.1 Å². The van der Waals surface area contributed by atoms with Crippen LogP contribution in [0.3, 0.4) is 0 Å². The smallest absolute Gasteiger partial charge is 0.0344 e. The number of unbranched alkanes of at least 4 members (excludes halogenated alkanes) is 2. The molecule has 1 saturated carbocycles. The van der Waals surface area contributed by atoms with Gasteiger partial charge in [0, 0.05) is 12.8 Å². The van der Waals surface area contributed by atoms with Gasteiger partial charge < -0.3 is 0 Å². The van der Waals surface area contributed by atoms with Crippen LogP contribution in [-0.4, -0.2) is 12.8 Å². The van der Waals surface area contributed by atoms with Crippen LogP contribution in [0.1, 0.15) is 78.6 Å². The molecule has 19 heavy (non-hydrogen) atoms. The molecular formula is C18H33N. The molecule has 0 heterocycles. The summed E-state index contributed by atoms with van der Waals surface area (Å²) in [6.07, 6.45) is 14.5. The minimum Gasteiger partial charge on any atom is -0.293 e. The average Bonchev–Trinajstić information content (AvgIpc) is 2.89. The molecule has 2 atom stereocenters. The summed E-state index contributed by atoms with van der Waals surface area (Å²) in [5.41, 5.74) is 2.90. The van der Waals surface area contributed by atoms with E-state index < -0.39 is 0 Å². The van der Waals surface area contributed by atoms with Gasteiger partial charge in [-0.1, -0.05) is 45.1 Å². The first-order valence-corrected chi connectivity index (χ1v) is 8.36. The zero-order chi connectivity index (χ0) is 14.1. The van der Waals surface area contributed by atoms with Crippen molar-refractivity contribution in [3.05, 3.63) is 11.6 Å². The molecule has 2 unspecified atom stereocenters. The lowest BCUT2D eigenvalue weighted by Gasteiger charge is -2.20. The molecule has 0 aromatic rings. The maximum absolute atomic E-state index is 4.46. The predicted octanol–water partition coefficient (Wildman–Crippen LogP) is 5.80. The van der Waals surface area contributed by atoms with Crippen LogP contribution in [0, 0.1) is 11.8 Å². The SMILES string of the molecule is CCCCC(/C=C(/C)C1CCCC1CCCC)=NC. The third-order valence-electron chi connectivity index (χ3n) is 4.64. The highest BCUT2D eigenvalue weighted by molar-refractivity contribution is 5.95. The van der Waals surface area contributed by atoms with Crippen molar-refractivity contribution in [2.45, 2.75) is 78.6 Å². The Balaban J connectivity index is 2.60. The van der Waals surface area contributed by atoms with Gasteiger partial charge >= 0.3 is 0 Å². The fourth-order valence-electron chi connectivity index (χ4n) is 3.42. The highest BCUT2D eigenvalue weighted by atomic mass is 14.7. The molecule has 0 N–H and O–H groups in total. The first kappa shape index (κ1) is 16.5. The van der Waals surface area contributed by atoms with Crippen molar-refractivity contribution in [2.24, 2.45) is 16.8 Å². The Morgan fingerprint density at radius 3 is 2.53 bits per heavy atom. The largest absolute Gasteiger partial charge is 0.293 e. The van der Waals surface area contributed by atoms with Gasteiger partial charge in [-0.05, 0) is 56.9 Å². The summed E-state index contributed by atoms with van der Waals surface area (Å²) in [6.45, 7) is 6.90. The van der Waals surface area contributed by atoms with E-state index in [1.807, 2.05) is 7.05 Å². The fraction of sp³-hybridized carbons (Fsp3) is 0.833. The Morgan fingerprint density at radius 2 is 1.89 bits per heavy atom. The lowest BCUT2D eigenvalue weighted by Crippen LogP contribution is -2.10. The maximum Gasteiger partial charge on any atom is 0.0344 e. The fourth-order valence-corrected chi connectivity index (χ4v) is 3.42. The third-order valence-corrected chi connectivity index (χ3v) is 4.64. The van der Waals surface area contributed by atoms with Gasteiger partial charge in [0.1, 0.15) is 0 Å². The first-order valence-electron chi connectivity index (χ1n) is 8.36. The summed E-state index contributed by atoms with van der Waals surface area (Å²) in [5.74, 6) is 1.78. The third kappa shape index (κ3) is 5.50. The van der Waals surface area contributed by atoms with Crippen LogP contribution < -0.4 is 0 Å². The highest BCUT2D eigenvalue weighted by Gasteiger charge is 2.27. The van der Waals surface area contributed by atoms with Crippen molar-refractivity contribution in [3.8, 4) is 0 Å². The zero-order valence-electron chi connectivity index (χ0n) is 13.5. The monoisotopic (exact) mass is 263 g/mol. The number of hydrogen-bond acceptors (Lipinski definition) is 1. The van der Waals surface area contributed by atoms with Crippen molar-refractivity contribution in [1.82, 2.24) is 0 Å². The van der Waals surface area contributed by atoms with E-state index in [0.29, 0.717) is 0 Å². The van der Waals surface area contributed by atoms with E-state index in [9.17, 15) is 0 Å². The number of aliphatic imine (C=N–C) groups is 1. The van der Waals surface area contributed by atoms with E-state index in [2.05, 4.69) is 31.8 Å². The van der Waals surface area contributed by atoms with E-state index in [1.54, 1.807) is 5.57 Å². The van der Waals surface area contributed by atoms with Crippen LogP contribution in [0.25, 0.3) is 0 Å². The first-order chi connectivity index (χ1) is 9.22. The Labute approximate surface area is 120 Å². The average molecular weight is 263 g/mol. The number of rotatable bonds is 8. The van der Waals surface area contributed by atoms with Crippen LogP contribution in [-0.2, 0) is 0 Å². The molecule has 1 nitrogen and oxygen atoms in total. The molecular weight excluding hydrogens is 230 g/mol. The topological polar surface area (TPSA) is 12.4 Å². The normalized spacial score (nSPS) is 25.1. The molecule has 0 saturated heterocycles. The van der Waals surface area contributed by atoms with Gasteiger partial charge in [-0.25, -0.2) is 0 Å². The Bertz CT molecular complexity index is 301. The van der Waals surface area contributed by atoms with E-state index >= 15 is 0 Å². The van der Waals surface area contributed by atoms with E-state index in [4.69, 9.17) is 0 Å². The van der Waals surface area contributed by atoms with Crippen LogP contribution in [0.2, 0.25) is 0 Å². The number of hydrogen-bond donors (Lipinski definition) is 0. The number of allylic oxidation sites excluding steroid dienone is 2. The summed E-state index contributed by atoms with van der Waals surface area (Å²) >= 11 is 0. The molecule has 0 aromatic heterocycles. The minimum atomic E-state index is 0.838. The van der Waals surface area contributed by atoms with Crippen molar-refractivity contribution in [2.75, 3.05) is 7.05 Å². The number of nitrogens with zero attached hydrogens (tertiary/aromatic N) is 1. The van der Waals surface area contributed by atoms with E-state index in [-0.39, 0.29) is 0 Å². The van der Waals surface area contributed by atoms with Gasteiger partial charge in [0.15, 0.2) is 0 Å². The summed E-state index contributed by atoms with van der Waals surface area (Å²) in [5, 5.41) is 0. The standard InChI is InChI=1S/C18H33N/c1-5-7-10-16-11-9-13-18(16)15(3)14-17(19-4)12-8-6-2/h14,16,18H,5-13H2,1-4H3/b15-14-,19-17?. The molecule has 1 rings (SSSR count). The Kier molecular flexibility index (Phi) is 8.09. The minimum absolute atomic E-state index is 0.838. The molecule has 1 aliphatic carbocycles. The summed E-state index contributed by atoms with van der Waals surface area (Å²) < 4.78 is 0. The molecule has 1 fully saturated rings. The van der Waals surface area contributed by atoms with Gasteiger partial charge in [-0.2, -0.15) is 0 Å². The van der Waals surface area contributed by atoms with Gasteiger partial charge in [0.05, 0.1) is 0 Å². The van der Waals surface area contributed by atoms with Gasteiger partial charge in [0.2, 0.25) is 0 Å². The van der Waals surface area contributed by atoms with Crippen LogP contribution in [0.15, 0.2) is 16.6 Å². The quantitative estimate of drug-likeness (QED) is 0.491. The second kappa shape index (κ2) is 9.34. The highest BCUT2D eigenvalue weighted by Crippen LogP contribution is 2.39. The van der Waals surface area contributed by atoms with Gasteiger partial charge in [-0.15, -0.1) is 0 Å². The van der Waals surface area contributed by atoms with Crippen molar-refractivity contribution < 1.29 is 0 Å². The van der Waals surface area contributed by atoms with Crippen LogP contribution in [0.5, 0.6) is 0 Å². The zero-order valence-corrected chi connectivity index (χ0v) is 13.5. The molecule has 110 valence electrons. The molecule has 0 aromatic carbocycles. The van der Waals surface area contributed by atoms with Crippen molar-refractivity contribution >= 4 is 5.71 Å². The summed E-state index contributed by atoms with van der Waals surface area (Å²) in [6, 6.07) is 0. The summed E-state index contributed by atoms with van der Waals surface area (Å²) in [4.78, 5) is 4.46. The van der Waals surface area contributed by atoms with Crippen molar-refractivity contribution in [3.63, 3.8) is 0 Å². The van der Waals surface area contributed by atoms with Crippen LogP contribution in [0.4, 0.5) is 0 Å². The van der Waals surface area contributed by atoms with Crippen LogP contribution >= 0.6 is 0 Å². The van der Waals surface area contributed by atoms with Gasteiger partial charge in [-0.3, -0.25) is 4.99 Å². The second-order valence-electron chi connectivity index (χ2n) is 6.15. The predicted molar refractivity (Wildman–Crippen MR) is 87.0 cm³/mol. The Morgan fingerprint density at radius 1 is 1.16 bits per heavy atom. The summed E-state index contributed by atoms with van der Waals surface area (Å²) in [7, 11) is 1.94. The van der Waals surface area contributed by atoms with Crippen molar-refractivity contribution in [1.29, 1.82) is 0 Å². The Hall–Kier alpha value is -0.590. The van der Waals surface area contributed by atoms with E-state index in [0.717, 1.165) is 18.3 Å². The molecule has 0 aliphatic heterocycles. The molecule has 0 radical (unpaired) electrons. The molecule has 1 heteroatoms. The lowest BCUT2D eigenvalue weighted by molar-refractivity contribution is 0.397. The molecule has 0 amide bonds. The molecule has 0 spiro atoms.